The molecule has 1 aromatic heterocycles. The van der Waals surface area contributed by atoms with Gasteiger partial charge in [-0.3, -0.25) is 4.79 Å². The lowest BCUT2D eigenvalue weighted by atomic mass is 10.1. The van der Waals surface area contributed by atoms with E-state index in [2.05, 4.69) is 10.3 Å². The van der Waals surface area contributed by atoms with Crippen LogP contribution in [0.5, 0.6) is 0 Å². The molecule has 1 unspecified atom stereocenters. The summed E-state index contributed by atoms with van der Waals surface area (Å²) in [6.07, 6.45) is 3.05. The molecule has 21 heavy (non-hydrogen) atoms. The monoisotopic (exact) mass is 289 g/mol. The lowest BCUT2D eigenvalue weighted by molar-refractivity contribution is -0.118. The highest BCUT2D eigenvalue weighted by molar-refractivity contribution is 5.91. The predicted molar refractivity (Wildman–Crippen MR) is 79.8 cm³/mol. The molecule has 3 N–H and O–H groups in total. The molecule has 0 aliphatic heterocycles. The summed E-state index contributed by atoms with van der Waals surface area (Å²) in [6.45, 7) is 2.26. The highest BCUT2D eigenvalue weighted by Crippen LogP contribution is 2.25. The van der Waals surface area contributed by atoms with Crippen LogP contribution < -0.4 is 11.1 Å². The number of aromatic nitrogens is 1. The number of methoxy groups -OCH3 is 1. The first kappa shape index (κ1) is 15.2. The third kappa shape index (κ3) is 3.90. The molecule has 0 aliphatic rings. The average Bonchev–Trinajstić information content (AvgIpc) is 3.00. The number of anilines is 1. The summed E-state index contributed by atoms with van der Waals surface area (Å²) < 4.78 is 10.4. The number of nitrogens with two attached hydrogens (primary N) is 1. The second-order valence-electron chi connectivity index (χ2n) is 4.71. The van der Waals surface area contributed by atoms with E-state index in [1.54, 1.807) is 6.20 Å². The Morgan fingerprint density at radius 2 is 2.33 bits per heavy atom. The van der Waals surface area contributed by atoms with Crippen molar-refractivity contribution in [2.24, 2.45) is 5.73 Å². The van der Waals surface area contributed by atoms with Crippen LogP contribution in [0.3, 0.4) is 0 Å². The smallest absolute Gasteiger partial charge is 0.227 e. The van der Waals surface area contributed by atoms with Gasteiger partial charge in [-0.2, -0.15) is 0 Å². The van der Waals surface area contributed by atoms with E-state index >= 15 is 0 Å². The number of rotatable bonds is 6. The van der Waals surface area contributed by atoms with Crippen molar-refractivity contribution in [1.29, 1.82) is 0 Å². The maximum Gasteiger partial charge on any atom is 0.227 e. The third-order valence-electron chi connectivity index (χ3n) is 3.19. The second kappa shape index (κ2) is 7.01. The van der Waals surface area contributed by atoms with Gasteiger partial charge in [0.1, 0.15) is 6.26 Å². The molecule has 2 rings (SSSR count). The minimum absolute atomic E-state index is 0.144. The van der Waals surface area contributed by atoms with Crippen LogP contribution in [0, 0.1) is 6.92 Å². The van der Waals surface area contributed by atoms with Crippen LogP contribution in [-0.4, -0.2) is 30.6 Å². The van der Waals surface area contributed by atoms with Crippen molar-refractivity contribution in [3.8, 4) is 11.5 Å². The zero-order chi connectivity index (χ0) is 15.2. The van der Waals surface area contributed by atoms with Crippen molar-refractivity contribution < 1.29 is 13.9 Å². The van der Waals surface area contributed by atoms with Gasteiger partial charge in [-0.1, -0.05) is 6.07 Å². The molecule has 1 atom stereocenters. The fourth-order valence-electron chi connectivity index (χ4n) is 1.97. The van der Waals surface area contributed by atoms with Crippen LogP contribution in [0.4, 0.5) is 5.69 Å². The Morgan fingerprint density at radius 3 is 2.95 bits per heavy atom. The number of amides is 1. The lowest BCUT2D eigenvalue weighted by Crippen LogP contribution is -2.28. The van der Waals surface area contributed by atoms with Gasteiger partial charge in [-0.15, -0.1) is 0 Å². The Labute approximate surface area is 123 Å². The largest absolute Gasteiger partial charge is 0.445 e. The van der Waals surface area contributed by atoms with E-state index < -0.39 is 0 Å². The van der Waals surface area contributed by atoms with Crippen molar-refractivity contribution in [3.63, 3.8) is 0 Å². The molecule has 112 valence electrons. The van der Waals surface area contributed by atoms with E-state index in [0.717, 1.165) is 11.1 Å². The molecule has 6 heteroatoms. The molecular weight excluding hydrogens is 270 g/mol. The maximum atomic E-state index is 11.9. The number of hydrogen-bond acceptors (Lipinski definition) is 5. The maximum absolute atomic E-state index is 11.9. The topological polar surface area (TPSA) is 90.4 Å². The van der Waals surface area contributed by atoms with Crippen molar-refractivity contribution in [2.45, 2.75) is 19.4 Å². The van der Waals surface area contributed by atoms with E-state index in [1.165, 1.54) is 13.4 Å². The van der Waals surface area contributed by atoms with Crippen LogP contribution in [0.2, 0.25) is 0 Å². The van der Waals surface area contributed by atoms with Gasteiger partial charge < -0.3 is 20.2 Å². The SMILES string of the molecule is COC(CN)CC(=O)Nc1ccc(C)c(-c2ncco2)c1. The second-order valence-corrected chi connectivity index (χ2v) is 4.71. The molecule has 1 amide bonds. The normalized spacial score (nSPS) is 12.1. The Kier molecular flexibility index (Phi) is 5.08. The quantitative estimate of drug-likeness (QED) is 0.848. The molecule has 0 saturated carbocycles. The molecule has 0 aliphatic carbocycles. The van der Waals surface area contributed by atoms with Gasteiger partial charge in [0.25, 0.3) is 0 Å². The van der Waals surface area contributed by atoms with Crippen molar-refractivity contribution in [3.05, 3.63) is 36.2 Å². The highest BCUT2D eigenvalue weighted by atomic mass is 16.5. The molecule has 2 aromatic rings. The molecule has 0 bridgehead atoms. The van der Waals surface area contributed by atoms with Crippen molar-refractivity contribution in [1.82, 2.24) is 4.98 Å². The molecule has 1 heterocycles. The van der Waals surface area contributed by atoms with Gasteiger partial charge >= 0.3 is 0 Å². The van der Waals surface area contributed by atoms with E-state index in [9.17, 15) is 4.79 Å². The number of oxazole rings is 1. The number of aryl methyl sites for hydroxylation is 1. The summed E-state index contributed by atoms with van der Waals surface area (Å²) in [5, 5.41) is 2.83. The Bertz CT molecular complexity index is 592. The summed E-state index contributed by atoms with van der Waals surface area (Å²) >= 11 is 0. The van der Waals surface area contributed by atoms with Gasteiger partial charge in [0.15, 0.2) is 0 Å². The van der Waals surface area contributed by atoms with Crippen molar-refractivity contribution in [2.75, 3.05) is 19.0 Å². The van der Waals surface area contributed by atoms with E-state index in [1.807, 2.05) is 25.1 Å². The van der Waals surface area contributed by atoms with E-state index in [4.69, 9.17) is 14.9 Å². The number of carbonyl (C=O) groups excluding carboxylic acids is 1. The van der Waals surface area contributed by atoms with E-state index in [0.29, 0.717) is 18.1 Å². The molecule has 0 saturated heterocycles. The molecular formula is C15H19N3O3. The van der Waals surface area contributed by atoms with Gasteiger partial charge in [-0.05, 0) is 24.6 Å². The number of hydrogen-bond donors (Lipinski definition) is 2. The van der Waals surface area contributed by atoms with Crippen LogP contribution >= 0.6 is 0 Å². The van der Waals surface area contributed by atoms with Gasteiger partial charge in [0.2, 0.25) is 11.8 Å². The van der Waals surface area contributed by atoms with Crippen molar-refractivity contribution >= 4 is 11.6 Å². The standard InChI is InChI=1S/C15H19N3O3/c1-10-3-4-11(7-13(10)15-17-5-6-21-15)18-14(19)8-12(9-16)20-2/h3-7,12H,8-9,16H2,1-2H3,(H,18,19). The summed E-state index contributed by atoms with van der Waals surface area (Å²) in [5.41, 5.74) is 8.06. The van der Waals surface area contributed by atoms with Gasteiger partial charge in [0, 0.05) is 24.9 Å². The van der Waals surface area contributed by atoms with Gasteiger partial charge in [-0.25, -0.2) is 4.98 Å². The first-order valence-corrected chi connectivity index (χ1v) is 6.67. The minimum Gasteiger partial charge on any atom is -0.445 e. The van der Waals surface area contributed by atoms with Crippen LogP contribution in [0.1, 0.15) is 12.0 Å². The molecule has 0 radical (unpaired) electrons. The van der Waals surface area contributed by atoms with Gasteiger partial charge in [0.05, 0.1) is 18.7 Å². The minimum atomic E-state index is -0.276. The first-order valence-electron chi connectivity index (χ1n) is 6.67. The Hall–Kier alpha value is -2.18. The first-order chi connectivity index (χ1) is 10.1. The molecule has 6 nitrogen and oxygen atoms in total. The summed E-state index contributed by atoms with van der Waals surface area (Å²) in [6, 6.07) is 5.58. The third-order valence-corrected chi connectivity index (χ3v) is 3.19. The molecule has 0 fully saturated rings. The van der Waals surface area contributed by atoms with Crippen LogP contribution in [0.25, 0.3) is 11.5 Å². The number of nitrogens with zero attached hydrogens (tertiary/aromatic N) is 1. The van der Waals surface area contributed by atoms with Crippen LogP contribution in [0.15, 0.2) is 35.1 Å². The number of ether oxygens (including phenoxy) is 1. The Balaban J connectivity index is 2.11. The summed E-state index contributed by atoms with van der Waals surface area (Å²) in [7, 11) is 1.54. The lowest BCUT2D eigenvalue weighted by Gasteiger charge is -2.13. The molecule has 1 aromatic carbocycles. The van der Waals surface area contributed by atoms with Crippen LogP contribution in [-0.2, 0) is 9.53 Å². The molecule has 0 spiro atoms. The predicted octanol–water partition coefficient (Wildman–Crippen LogP) is 1.95. The Morgan fingerprint density at radius 1 is 1.52 bits per heavy atom. The number of nitrogens with one attached hydrogen (secondary N) is 1. The average molecular weight is 289 g/mol. The number of carbonyl (C=O) groups is 1. The fourth-order valence-corrected chi connectivity index (χ4v) is 1.97. The highest BCUT2D eigenvalue weighted by Gasteiger charge is 2.13. The zero-order valence-electron chi connectivity index (χ0n) is 12.1. The fraction of sp³-hybridized carbons (Fsp3) is 0.333. The van der Waals surface area contributed by atoms with E-state index in [-0.39, 0.29) is 18.4 Å². The number of benzene rings is 1. The summed E-state index contributed by atoms with van der Waals surface area (Å²) in [5.74, 6) is 0.384. The summed E-state index contributed by atoms with van der Waals surface area (Å²) in [4.78, 5) is 16.1. The zero-order valence-corrected chi connectivity index (χ0v) is 12.1.